The fourth-order valence-electron chi connectivity index (χ4n) is 2.39. The highest BCUT2D eigenvalue weighted by molar-refractivity contribution is 8.00. The maximum Gasteiger partial charge on any atom is 0.315 e. The van der Waals surface area contributed by atoms with Crippen LogP contribution in [0.2, 0.25) is 5.54 Å². The molecule has 5 nitrogen and oxygen atoms in total. The number of carbonyl (C=O) groups is 2. The van der Waals surface area contributed by atoms with Gasteiger partial charge in [-0.3, -0.25) is 4.79 Å². The second kappa shape index (κ2) is 5.30. The second-order valence-electron chi connectivity index (χ2n) is 4.79. The molecule has 2 saturated heterocycles. The summed E-state index contributed by atoms with van der Waals surface area (Å²) in [6.45, 7) is 0. The number of hydrogen-bond donors (Lipinski definition) is 3. The molecular weight excluding hydrogens is 256 g/mol. The third-order valence-electron chi connectivity index (χ3n) is 3.49. The molecular formula is C10H18N2O3SSi. The quantitative estimate of drug-likeness (QED) is 0.469. The Morgan fingerprint density at radius 2 is 2.35 bits per heavy atom. The number of thioether (sulfide) groups is 1. The van der Waals surface area contributed by atoms with E-state index in [1.54, 1.807) is 0 Å². The first kappa shape index (κ1) is 12.8. The highest BCUT2D eigenvalue weighted by Gasteiger charge is 2.42. The summed E-state index contributed by atoms with van der Waals surface area (Å²) in [5, 5.41) is 15.1. The van der Waals surface area contributed by atoms with Gasteiger partial charge in [-0.2, -0.15) is 11.8 Å². The average molecular weight is 274 g/mol. The van der Waals surface area contributed by atoms with Gasteiger partial charge in [0.1, 0.15) is 0 Å². The third-order valence-corrected chi connectivity index (χ3v) is 6.07. The van der Waals surface area contributed by atoms with Crippen molar-refractivity contribution < 1.29 is 14.7 Å². The van der Waals surface area contributed by atoms with E-state index < -0.39 is 5.97 Å². The zero-order valence-electron chi connectivity index (χ0n) is 9.81. The van der Waals surface area contributed by atoms with Gasteiger partial charge in [-0.05, 0) is 12.8 Å². The minimum atomic E-state index is -0.663. The van der Waals surface area contributed by atoms with Crippen LogP contribution in [0.25, 0.3) is 0 Å². The molecule has 0 aromatic rings. The number of amides is 2. The number of rotatable bonds is 5. The highest BCUT2D eigenvalue weighted by Crippen LogP contribution is 2.33. The lowest BCUT2D eigenvalue weighted by molar-refractivity contribution is -0.137. The average Bonchev–Trinajstić information content (AvgIpc) is 2.78. The Balaban J connectivity index is 1.73. The molecule has 96 valence electrons. The topological polar surface area (TPSA) is 78.4 Å². The fraction of sp³-hybridized carbons (Fsp3) is 0.800. The monoisotopic (exact) mass is 274 g/mol. The molecule has 0 saturated carbocycles. The lowest BCUT2D eigenvalue weighted by Gasteiger charge is -2.17. The number of carboxylic acids is 1. The lowest BCUT2D eigenvalue weighted by atomic mass is 10.0. The predicted octanol–water partition coefficient (Wildman–Crippen LogP) is -0.439. The van der Waals surface area contributed by atoms with E-state index in [-0.39, 0.29) is 23.7 Å². The smallest absolute Gasteiger partial charge is 0.315 e. The molecule has 1 unspecified atom stereocenters. The molecule has 0 aromatic heterocycles. The van der Waals surface area contributed by atoms with Gasteiger partial charge in [0.15, 0.2) is 0 Å². The van der Waals surface area contributed by atoms with Crippen LogP contribution in [0, 0.1) is 0 Å². The fourth-order valence-corrected chi connectivity index (χ4v) is 4.34. The van der Waals surface area contributed by atoms with E-state index in [4.69, 9.17) is 5.11 Å². The minimum absolute atomic E-state index is 0.0587. The van der Waals surface area contributed by atoms with Crippen LogP contribution >= 0.6 is 11.8 Å². The Labute approximate surface area is 108 Å². The SMILES string of the molecule is O=C1N[C@H]2[C@H](CS[C@H]2CCCC([SiH3])C(=O)O)N1. The van der Waals surface area contributed by atoms with E-state index in [0.717, 1.165) is 25.0 Å². The molecule has 2 heterocycles. The van der Waals surface area contributed by atoms with Crippen LogP contribution in [-0.4, -0.2) is 50.4 Å². The minimum Gasteiger partial charge on any atom is -0.481 e. The molecule has 4 atom stereocenters. The van der Waals surface area contributed by atoms with Gasteiger partial charge in [-0.15, -0.1) is 0 Å². The summed E-state index contributed by atoms with van der Waals surface area (Å²) in [5.74, 6) is 0.307. The van der Waals surface area contributed by atoms with E-state index >= 15 is 0 Å². The van der Waals surface area contributed by atoms with Crippen LogP contribution in [0.1, 0.15) is 19.3 Å². The molecule has 0 aliphatic carbocycles. The van der Waals surface area contributed by atoms with Crippen molar-refractivity contribution in [3.63, 3.8) is 0 Å². The summed E-state index contributed by atoms with van der Waals surface area (Å²) >= 11 is 1.88. The number of nitrogens with one attached hydrogen (secondary N) is 2. The first-order valence-electron chi connectivity index (χ1n) is 5.99. The summed E-state index contributed by atoms with van der Waals surface area (Å²) in [6.07, 6.45) is 2.72. The van der Waals surface area contributed by atoms with E-state index in [1.807, 2.05) is 11.8 Å². The van der Waals surface area contributed by atoms with Crippen molar-refractivity contribution in [1.82, 2.24) is 10.6 Å². The highest BCUT2D eigenvalue weighted by atomic mass is 32.2. The summed E-state index contributed by atoms with van der Waals surface area (Å²) in [7, 11) is 0.714. The lowest BCUT2D eigenvalue weighted by Crippen LogP contribution is -2.36. The summed E-state index contributed by atoms with van der Waals surface area (Å²) < 4.78 is 0. The second-order valence-corrected chi connectivity index (χ2v) is 7.46. The van der Waals surface area contributed by atoms with Crippen LogP contribution in [0.3, 0.4) is 0 Å². The van der Waals surface area contributed by atoms with Gasteiger partial charge in [0, 0.05) is 26.8 Å². The number of aliphatic carboxylic acids is 1. The molecule has 2 fully saturated rings. The van der Waals surface area contributed by atoms with Crippen LogP contribution in [0.5, 0.6) is 0 Å². The van der Waals surface area contributed by atoms with Crippen molar-refractivity contribution in [2.45, 2.75) is 42.1 Å². The van der Waals surface area contributed by atoms with Crippen molar-refractivity contribution in [1.29, 1.82) is 0 Å². The van der Waals surface area contributed by atoms with E-state index in [0.29, 0.717) is 15.5 Å². The van der Waals surface area contributed by atoms with E-state index in [1.165, 1.54) is 0 Å². The van der Waals surface area contributed by atoms with Crippen LogP contribution < -0.4 is 10.6 Å². The molecule has 0 bridgehead atoms. The largest absolute Gasteiger partial charge is 0.481 e. The first-order chi connectivity index (χ1) is 8.08. The Bertz CT molecular complexity index is 329. The van der Waals surface area contributed by atoms with Gasteiger partial charge in [0.25, 0.3) is 0 Å². The molecule has 0 aromatic carbocycles. The standard InChI is InChI=1S/C10H18N2O3SSi/c13-9(14)7(17)3-1-2-6-8-5(4-16-6)11-10(15)12-8/h5-8H,1-4H2,17H3,(H,13,14)(H2,11,12,15)/t5-,6-,7?,8-/m0/s1. The zero-order valence-corrected chi connectivity index (χ0v) is 12.6. The molecule has 0 spiro atoms. The number of hydrogen-bond acceptors (Lipinski definition) is 3. The van der Waals surface area contributed by atoms with Crippen molar-refractivity contribution in [3.05, 3.63) is 0 Å². The summed E-state index contributed by atoms with van der Waals surface area (Å²) in [4.78, 5) is 21.9. The molecule has 3 N–H and O–H groups in total. The molecule has 0 radical (unpaired) electrons. The van der Waals surface area contributed by atoms with Crippen molar-refractivity contribution in [2.24, 2.45) is 0 Å². The third kappa shape index (κ3) is 2.95. The van der Waals surface area contributed by atoms with Crippen molar-refractivity contribution in [3.8, 4) is 0 Å². The van der Waals surface area contributed by atoms with Gasteiger partial charge < -0.3 is 15.7 Å². The normalized spacial score (nSPS) is 32.9. The van der Waals surface area contributed by atoms with Gasteiger partial charge in [0.2, 0.25) is 0 Å². The van der Waals surface area contributed by atoms with Crippen LogP contribution in [-0.2, 0) is 4.79 Å². The Morgan fingerprint density at radius 1 is 1.59 bits per heavy atom. The molecule has 2 aliphatic heterocycles. The molecule has 17 heavy (non-hydrogen) atoms. The maximum atomic E-state index is 11.2. The molecule has 2 amide bonds. The molecule has 2 rings (SSSR count). The Kier molecular flexibility index (Phi) is 3.98. The number of carbonyl (C=O) groups excluding carboxylic acids is 1. The van der Waals surface area contributed by atoms with Crippen LogP contribution in [0.4, 0.5) is 4.79 Å². The summed E-state index contributed by atoms with van der Waals surface area (Å²) in [5.41, 5.74) is -0.131. The van der Waals surface area contributed by atoms with Gasteiger partial charge in [-0.1, -0.05) is 6.42 Å². The van der Waals surface area contributed by atoms with Crippen molar-refractivity contribution in [2.75, 3.05) is 5.75 Å². The Morgan fingerprint density at radius 3 is 3.06 bits per heavy atom. The molecule has 7 heteroatoms. The predicted molar refractivity (Wildman–Crippen MR) is 70.7 cm³/mol. The van der Waals surface area contributed by atoms with E-state index in [2.05, 4.69) is 10.6 Å². The Hall–Kier alpha value is -0.693. The van der Waals surface area contributed by atoms with Gasteiger partial charge in [0.05, 0.1) is 12.1 Å². The zero-order chi connectivity index (χ0) is 12.4. The summed E-state index contributed by atoms with van der Waals surface area (Å²) in [6, 6.07) is 0.449. The van der Waals surface area contributed by atoms with Gasteiger partial charge in [-0.25, -0.2) is 4.79 Å². The maximum absolute atomic E-state index is 11.2. The first-order valence-corrected chi connectivity index (χ1v) is 8.19. The molecule has 2 aliphatic rings. The number of carboxylic acid groups (broad SMARTS) is 1. The number of urea groups is 1. The van der Waals surface area contributed by atoms with Crippen molar-refractivity contribution >= 4 is 34.0 Å². The number of fused-ring (bicyclic) bond motifs is 1. The van der Waals surface area contributed by atoms with E-state index in [9.17, 15) is 9.59 Å². The van der Waals surface area contributed by atoms with Crippen LogP contribution in [0.15, 0.2) is 0 Å². The van der Waals surface area contributed by atoms with Gasteiger partial charge >= 0.3 is 12.0 Å².